The molecule has 41 heavy (non-hydrogen) atoms. The largest absolute Gasteiger partial charge is 0.488 e. The van der Waals surface area contributed by atoms with E-state index in [-0.39, 0.29) is 0 Å². The molecule has 13 heteroatoms. The van der Waals surface area contributed by atoms with Crippen LogP contribution in [0.2, 0.25) is 0 Å². The highest BCUT2D eigenvalue weighted by Crippen LogP contribution is 1.84. The van der Waals surface area contributed by atoms with Crippen molar-refractivity contribution in [3.05, 3.63) is 121 Å². The monoisotopic (exact) mass is 562 g/mol. The van der Waals surface area contributed by atoms with E-state index in [9.17, 15) is 0 Å². The quantitative estimate of drug-likeness (QED) is 0.103. The Labute approximate surface area is 244 Å². The Bertz CT molecular complexity index is 957. The van der Waals surface area contributed by atoms with Gasteiger partial charge in [-0.15, -0.1) is 0 Å². The van der Waals surface area contributed by atoms with Crippen molar-refractivity contribution < 1.29 is 44.7 Å². The van der Waals surface area contributed by atoms with Crippen LogP contribution in [0.5, 0.6) is 0 Å². The number of rotatable bonds is 4. The smallest absolute Gasteiger partial charge is 0.423 e. The predicted molar refractivity (Wildman–Crippen MR) is 169 cm³/mol. The highest BCUT2D eigenvalue weighted by atomic mass is 16.4. The molecule has 0 aliphatic heterocycles. The minimum atomic E-state index is -1.34. The minimum Gasteiger partial charge on any atom is -0.423 e. The van der Waals surface area contributed by atoms with Gasteiger partial charge in [-0.3, -0.25) is 0 Å². The molecular weight excluding hydrogens is 522 g/mol. The van der Waals surface area contributed by atoms with Gasteiger partial charge in [0.2, 0.25) is 0 Å². The van der Waals surface area contributed by atoms with Crippen molar-refractivity contribution >= 4 is 50.3 Å². The minimum absolute atomic E-state index is 0.525. The third kappa shape index (κ3) is 22.2. The van der Waals surface area contributed by atoms with Crippen molar-refractivity contribution in [1.29, 1.82) is 0 Å². The Hall–Kier alpha value is -3.22. The van der Waals surface area contributed by atoms with Crippen LogP contribution in [-0.4, -0.2) is 101 Å². The third-order valence-corrected chi connectivity index (χ3v) is 4.39. The van der Waals surface area contributed by atoms with E-state index in [1.165, 1.54) is 0 Å². The van der Waals surface area contributed by atoms with Gasteiger partial charge in [0.05, 0.1) is 28.2 Å². The van der Waals surface area contributed by atoms with Crippen LogP contribution < -0.4 is 21.9 Å². The molecule has 4 aromatic rings. The molecule has 4 aromatic carbocycles. The van der Waals surface area contributed by atoms with Crippen LogP contribution in [0.3, 0.4) is 0 Å². The lowest BCUT2D eigenvalue weighted by Crippen LogP contribution is -2.29. The number of hydrogen-bond donors (Lipinski definition) is 8. The molecule has 0 unspecified atom stereocenters. The lowest BCUT2D eigenvalue weighted by molar-refractivity contribution is -0.849. The van der Waals surface area contributed by atoms with Gasteiger partial charge in [-0.05, 0) is 21.9 Å². The molecule has 0 heterocycles. The summed E-state index contributed by atoms with van der Waals surface area (Å²) >= 11 is 0. The number of quaternary nitrogens is 1. The summed E-state index contributed by atoms with van der Waals surface area (Å²) in [5.74, 6) is 0. The first kappa shape index (κ1) is 37.8. The van der Waals surface area contributed by atoms with Crippen LogP contribution >= 0.6 is 0 Å². The zero-order valence-corrected chi connectivity index (χ0v) is 23.9. The Morgan fingerprint density at radius 1 is 0.317 bits per heavy atom. The van der Waals surface area contributed by atoms with Gasteiger partial charge >= 0.3 is 28.5 Å². The molecule has 0 atom stereocenters. The fourth-order valence-electron chi connectivity index (χ4n) is 2.50. The van der Waals surface area contributed by atoms with Gasteiger partial charge in [-0.2, -0.15) is 0 Å². The molecule has 0 amide bonds. The molecule has 0 aliphatic carbocycles. The van der Waals surface area contributed by atoms with Crippen molar-refractivity contribution in [1.82, 2.24) is 0 Å². The highest BCUT2D eigenvalue weighted by Gasteiger charge is 2.09. The first-order valence-corrected chi connectivity index (χ1v) is 12.7. The topological polar surface area (TPSA) is 162 Å². The Kier molecular flexibility index (Phi) is 19.8. The Balaban J connectivity index is 0.000000494. The molecule has 4 rings (SSSR count). The average Bonchev–Trinajstić information content (AvgIpc) is 2.95. The van der Waals surface area contributed by atoms with E-state index in [4.69, 9.17) is 40.2 Å². The normalized spacial score (nSPS) is 9.46. The zero-order valence-electron chi connectivity index (χ0n) is 23.9. The SMILES string of the molecule is C[N+](C)(C)C.OB(O)c1ccccc1.OB(O)c1ccccc1.OB(O)c1ccccc1.OB(O)c1ccccc1. The Morgan fingerprint density at radius 3 is 0.512 bits per heavy atom. The van der Waals surface area contributed by atoms with E-state index >= 15 is 0 Å². The van der Waals surface area contributed by atoms with Crippen LogP contribution in [0.1, 0.15) is 0 Å². The summed E-state index contributed by atoms with van der Waals surface area (Å²) in [5, 5.41) is 68.6. The fraction of sp³-hybridized carbons (Fsp3) is 0.143. The average molecular weight is 562 g/mol. The van der Waals surface area contributed by atoms with Crippen molar-refractivity contribution in [2.45, 2.75) is 0 Å². The van der Waals surface area contributed by atoms with Crippen molar-refractivity contribution in [3.8, 4) is 0 Å². The van der Waals surface area contributed by atoms with Crippen LogP contribution in [0.4, 0.5) is 0 Å². The fourth-order valence-corrected chi connectivity index (χ4v) is 2.50. The second-order valence-electron chi connectivity index (χ2n) is 9.82. The molecule has 0 fully saturated rings. The van der Waals surface area contributed by atoms with Crippen LogP contribution in [0, 0.1) is 0 Å². The zero-order chi connectivity index (χ0) is 31.3. The van der Waals surface area contributed by atoms with Crippen LogP contribution in [-0.2, 0) is 0 Å². The summed E-state index contributed by atoms with van der Waals surface area (Å²) in [5.41, 5.74) is 2.10. The van der Waals surface area contributed by atoms with Gasteiger partial charge in [0.25, 0.3) is 0 Å². The molecule has 216 valence electrons. The summed E-state index contributed by atoms with van der Waals surface area (Å²) < 4.78 is 1.00. The molecule has 0 saturated heterocycles. The number of benzene rings is 4. The first-order valence-electron chi connectivity index (χ1n) is 12.7. The molecule has 0 radical (unpaired) electrons. The number of hydrogen-bond acceptors (Lipinski definition) is 8. The molecule has 0 aliphatic rings. The summed E-state index contributed by atoms with van der Waals surface area (Å²) in [6.45, 7) is 0. The van der Waals surface area contributed by atoms with E-state index in [0.717, 1.165) is 4.48 Å². The van der Waals surface area contributed by atoms with Gasteiger partial charge in [0.1, 0.15) is 0 Å². The lowest BCUT2D eigenvalue weighted by Gasteiger charge is -2.14. The van der Waals surface area contributed by atoms with Crippen molar-refractivity contribution in [2.75, 3.05) is 28.2 Å². The van der Waals surface area contributed by atoms with E-state index in [2.05, 4.69) is 28.2 Å². The summed E-state index contributed by atoms with van der Waals surface area (Å²) in [6.07, 6.45) is 0. The number of nitrogens with zero attached hydrogens (tertiary/aromatic N) is 1. The molecule has 0 aromatic heterocycles. The molecule has 0 saturated carbocycles. The molecule has 0 bridgehead atoms. The molecule has 0 spiro atoms. The van der Waals surface area contributed by atoms with Crippen LogP contribution in [0.15, 0.2) is 121 Å². The van der Waals surface area contributed by atoms with Crippen molar-refractivity contribution in [2.24, 2.45) is 0 Å². The van der Waals surface area contributed by atoms with E-state index in [1.807, 2.05) is 24.3 Å². The maximum Gasteiger partial charge on any atom is 0.488 e. The van der Waals surface area contributed by atoms with Gasteiger partial charge in [0.15, 0.2) is 0 Å². The van der Waals surface area contributed by atoms with E-state index in [1.54, 1.807) is 97.1 Å². The van der Waals surface area contributed by atoms with Gasteiger partial charge in [-0.1, -0.05) is 121 Å². The standard InChI is InChI=1S/4C6H7BO2.C4H12N/c4*8-7(9)6-4-2-1-3-5-6;1-5(2,3)4/h4*1-5,8-9H;1-4H3/q;;;;+1. The third-order valence-electron chi connectivity index (χ3n) is 4.39. The van der Waals surface area contributed by atoms with Gasteiger partial charge in [0, 0.05) is 0 Å². The maximum absolute atomic E-state index is 8.58. The van der Waals surface area contributed by atoms with Gasteiger partial charge < -0.3 is 44.7 Å². The predicted octanol–water partition coefficient (Wildman–Crippen LogP) is -2.21. The second-order valence-corrected chi connectivity index (χ2v) is 9.82. The maximum atomic E-state index is 8.58. The molecular formula is C28H40B4NO8+. The molecule has 8 N–H and O–H groups in total. The van der Waals surface area contributed by atoms with E-state index < -0.39 is 28.5 Å². The summed E-state index contributed by atoms with van der Waals surface area (Å²) in [7, 11) is 3.13. The summed E-state index contributed by atoms with van der Waals surface area (Å²) in [6, 6.07) is 34.6. The first-order chi connectivity index (χ1) is 19.2. The van der Waals surface area contributed by atoms with Gasteiger partial charge in [-0.25, -0.2) is 0 Å². The molecule has 9 nitrogen and oxygen atoms in total. The van der Waals surface area contributed by atoms with E-state index in [0.29, 0.717) is 21.9 Å². The van der Waals surface area contributed by atoms with Crippen molar-refractivity contribution in [3.63, 3.8) is 0 Å². The van der Waals surface area contributed by atoms with Crippen LogP contribution in [0.25, 0.3) is 0 Å². The summed E-state index contributed by atoms with van der Waals surface area (Å²) in [4.78, 5) is 0. The Morgan fingerprint density at radius 2 is 0.439 bits per heavy atom. The second kappa shape index (κ2) is 21.5. The lowest BCUT2D eigenvalue weighted by atomic mass is 9.81. The highest BCUT2D eigenvalue weighted by molar-refractivity contribution is 6.59.